The number of aromatic nitrogens is 1. The Hall–Kier alpha value is -2.69. The molecule has 0 aliphatic carbocycles. The van der Waals surface area contributed by atoms with Crippen LogP contribution in [0.2, 0.25) is 0 Å². The van der Waals surface area contributed by atoms with Crippen molar-refractivity contribution in [2.24, 2.45) is 0 Å². The van der Waals surface area contributed by atoms with E-state index in [9.17, 15) is 9.59 Å². The molecule has 2 N–H and O–H groups in total. The summed E-state index contributed by atoms with van der Waals surface area (Å²) in [6, 6.07) is 11.2. The quantitative estimate of drug-likeness (QED) is 0.856. The molecule has 0 bridgehead atoms. The molecule has 0 saturated heterocycles. The molecule has 0 radical (unpaired) electrons. The Morgan fingerprint density at radius 1 is 1.09 bits per heavy atom. The van der Waals surface area contributed by atoms with E-state index in [1.807, 2.05) is 30.3 Å². The van der Waals surface area contributed by atoms with Gasteiger partial charge in [0, 0.05) is 31.5 Å². The average molecular weight is 297 g/mol. The summed E-state index contributed by atoms with van der Waals surface area (Å²) < 4.78 is 0. The first-order valence-electron chi connectivity index (χ1n) is 7.16. The monoisotopic (exact) mass is 297 g/mol. The highest BCUT2D eigenvalue weighted by Gasteiger charge is 2.09. The lowest BCUT2D eigenvalue weighted by molar-refractivity contribution is -0.120. The number of para-hydroxylation sites is 1. The van der Waals surface area contributed by atoms with E-state index in [-0.39, 0.29) is 18.2 Å². The highest BCUT2D eigenvalue weighted by molar-refractivity contribution is 5.93. The zero-order valence-electron chi connectivity index (χ0n) is 12.5. The van der Waals surface area contributed by atoms with E-state index < -0.39 is 0 Å². The molecule has 22 heavy (non-hydrogen) atoms. The molecular formula is C17H19N3O2. The standard InChI is InChI=1S/C17H19N3O2/c1-18-16(21)9-8-14-6-2-3-7-15(14)20-17(22)11-13-5-4-10-19-12-13/h2-7,10,12H,8-9,11H2,1H3,(H,18,21)(H,20,22). The molecule has 0 aliphatic rings. The van der Waals surface area contributed by atoms with Crippen LogP contribution in [0, 0.1) is 0 Å². The highest BCUT2D eigenvalue weighted by Crippen LogP contribution is 2.17. The minimum Gasteiger partial charge on any atom is -0.359 e. The molecule has 1 aromatic carbocycles. The fourth-order valence-corrected chi connectivity index (χ4v) is 2.12. The van der Waals surface area contributed by atoms with Crippen molar-refractivity contribution in [3.8, 4) is 0 Å². The number of anilines is 1. The molecule has 1 aromatic heterocycles. The summed E-state index contributed by atoms with van der Waals surface area (Å²) in [5.41, 5.74) is 2.56. The van der Waals surface area contributed by atoms with Gasteiger partial charge < -0.3 is 10.6 Å². The zero-order valence-corrected chi connectivity index (χ0v) is 12.5. The van der Waals surface area contributed by atoms with Gasteiger partial charge in [-0.15, -0.1) is 0 Å². The number of benzene rings is 1. The molecule has 0 saturated carbocycles. The fraction of sp³-hybridized carbons (Fsp3) is 0.235. The van der Waals surface area contributed by atoms with Gasteiger partial charge in [0.25, 0.3) is 0 Å². The molecule has 1 heterocycles. The van der Waals surface area contributed by atoms with Crippen molar-refractivity contribution in [3.05, 3.63) is 59.9 Å². The minimum atomic E-state index is -0.0969. The van der Waals surface area contributed by atoms with Gasteiger partial charge in [0.15, 0.2) is 0 Å². The van der Waals surface area contributed by atoms with Crippen LogP contribution in [-0.4, -0.2) is 23.8 Å². The van der Waals surface area contributed by atoms with E-state index in [2.05, 4.69) is 15.6 Å². The number of hydrogen-bond acceptors (Lipinski definition) is 3. The summed E-state index contributed by atoms with van der Waals surface area (Å²) >= 11 is 0. The summed E-state index contributed by atoms with van der Waals surface area (Å²) in [5, 5.41) is 5.50. The fourth-order valence-electron chi connectivity index (χ4n) is 2.12. The maximum atomic E-state index is 12.1. The zero-order chi connectivity index (χ0) is 15.8. The molecular weight excluding hydrogens is 278 g/mol. The molecule has 2 aromatic rings. The second-order valence-corrected chi connectivity index (χ2v) is 4.92. The third-order valence-electron chi connectivity index (χ3n) is 3.28. The van der Waals surface area contributed by atoms with Crippen molar-refractivity contribution in [1.82, 2.24) is 10.3 Å². The van der Waals surface area contributed by atoms with E-state index >= 15 is 0 Å². The van der Waals surface area contributed by atoms with E-state index in [0.717, 1.165) is 16.8 Å². The van der Waals surface area contributed by atoms with Gasteiger partial charge >= 0.3 is 0 Å². The van der Waals surface area contributed by atoms with Gasteiger partial charge in [0.05, 0.1) is 6.42 Å². The first kappa shape index (κ1) is 15.7. The Morgan fingerprint density at radius 2 is 1.91 bits per heavy atom. The first-order valence-corrected chi connectivity index (χ1v) is 7.16. The van der Waals surface area contributed by atoms with Crippen molar-refractivity contribution in [2.45, 2.75) is 19.3 Å². The summed E-state index contributed by atoms with van der Waals surface area (Å²) in [6.45, 7) is 0. The van der Waals surface area contributed by atoms with Crippen molar-refractivity contribution < 1.29 is 9.59 Å². The summed E-state index contributed by atoms with van der Waals surface area (Å²) in [6.07, 6.45) is 4.61. The third-order valence-corrected chi connectivity index (χ3v) is 3.28. The number of nitrogens with one attached hydrogen (secondary N) is 2. The third kappa shape index (κ3) is 4.70. The number of aryl methyl sites for hydroxylation is 1. The van der Waals surface area contributed by atoms with Crippen LogP contribution >= 0.6 is 0 Å². The molecule has 5 heteroatoms. The van der Waals surface area contributed by atoms with Crippen LogP contribution in [0.5, 0.6) is 0 Å². The Kier molecular flexibility index (Phi) is 5.65. The average Bonchev–Trinajstić information content (AvgIpc) is 2.54. The molecule has 0 aliphatic heterocycles. The Balaban J connectivity index is 1.99. The van der Waals surface area contributed by atoms with Crippen LogP contribution in [0.3, 0.4) is 0 Å². The number of carbonyl (C=O) groups is 2. The number of nitrogens with zero attached hydrogens (tertiary/aromatic N) is 1. The van der Waals surface area contributed by atoms with Crippen LogP contribution in [-0.2, 0) is 22.4 Å². The molecule has 2 amide bonds. The Labute approximate surface area is 129 Å². The smallest absolute Gasteiger partial charge is 0.228 e. The van der Waals surface area contributed by atoms with Gasteiger partial charge in [0.2, 0.25) is 11.8 Å². The van der Waals surface area contributed by atoms with E-state index in [1.54, 1.807) is 25.5 Å². The molecule has 0 fully saturated rings. The normalized spacial score (nSPS) is 10.0. The lowest BCUT2D eigenvalue weighted by Crippen LogP contribution is -2.19. The summed E-state index contributed by atoms with van der Waals surface area (Å²) in [5.74, 6) is -0.114. The maximum absolute atomic E-state index is 12.1. The Bertz CT molecular complexity index is 641. The van der Waals surface area contributed by atoms with E-state index in [4.69, 9.17) is 0 Å². The largest absolute Gasteiger partial charge is 0.359 e. The molecule has 114 valence electrons. The van der Waals surface area contributed by atoms with Crippen LogP contribution in [0.25, 0.3) is 0 Å². The number of hydrogen-bond donors (Lipinski definition) is 2. The number of pyridine rings is 1. The van der Waals surface area contributed by atoms with Crippen LogP contribution in [0.15, 0.2) is 48.8 Å². The predicted octanol–water partition coefficient (Wildman–Crippen LogP) is 1.94. The van der Waals surface area contributed by atoms with Gasteiger partial charge in [-0.1, -0.05) is 24.3 Å². The van der Waals surface area contributed by atoms with Gasteiger partial charge in [0.1, 0.15) is 0 Å². The van der Waals surface area contributed by atoms with Gasteiger partial charge in [-0.2, -0.15) is 0 Å². The SMILES string of the molecule is CNC(=O)CCc1ccccc1NC(=O)Cc1cccnc1. The van der Waals surface area contributed by atoms with Crippen LogP contribution < -0.4 is 10.6 Å². The predicted molar refractivity (Wildman–Crippen MR) is 85.4 cm³/mol. The molecule has 0 unspecified atom stereocenters. The van der Waals surface area contributed by atoms with Crippen molar-refractivity contribution in [3.63, 3.8) is 0 Å². The lowest BCUT2D eigenvalue weighted by Gasteiger charge is -2.11. The second-order valence-electron chi connectivity index (χ2n) is 4.92. The second kappa shape index (κ2) is 7.93. The lowest BCUT2D eigenvalue weighted by atomic mass is 10.1. The molecule has 5 nitrogen and oxygen atoms in total. The maximum Gasteiger partial charge on any atom is 0.228 e. The van der Waals surface area contributed by atoms with Gasteiger partial charge in [-0.25, -0.2) is 0 Å². The Morgan fingerprint density at radius 3 is 2.64 bits per heavy atom. The van der Waals surface area contributed by atoms with E-state index in [0.29, 0.717) is 12.8 Å². The number of carbonyl (C=O) groups excluding carboxylic acids is 2. The van der Waals surface area contributed by atoms with Crippen LogP contribution in [0.4, 0.5) is 5.69 Å². The van der Waals surface area contributed by atoms with Crippen LogP contribution in [0.1, 0.15) is 17.5 Å². The van der Waals surface area contributed by atoms with Crippen molar-refractivity contribution >= 4 is 17.5 Å². The van der Waals surface area contributed by atoms with Crippen molar-refractivity contribution in [2.75, 3.05) is 12.4 Å². The highest BCUT2D eigenvalue weighted by atomic mass is 16.2. The van der Waals surface area contributed by atoms with Gasteiger partial charge in [-0.3, -0.25) is 14.6 Å². The number of amides is 2. The first-order chi connectivity index (χ1) is 10.7. The molecule has 0 spiro atoms. The van der Waals surface area contributed by atoms with Gasteiger partial charge in [-0.05, 0) is 29.7 Å². The number of rotatable bonds is 6. The minimum absolute atomic E-state index is 0.0171. The topological polar surface area (TPSA) is 71.1 Å². The summed E-state index contributed by atoms with van der Waals surface area (Å²) in [7, 11) is 1.61. The molecule has 2 rings (SSSR count). The summed E-state index contributed by atoms with van der Waals surface area (Å²) in [4.78, 5) is 27.5. The van der Waals surface area contributed by atoms with Crippen molar-refractivity contribution in [1.29, 1.82) is 0 Å². The molecule has 0 atom stereocenters. The van der Waals surface area contributed by atoms with E-state index in [1.165, 1.54) is 0 Å².